The maximum absolute atomic E-state index is 12.1. The minimum Gasteiger partial charge on any atom is -0.386 e. The summed E-state index contributed by atoms with van der Waals surface area (Å²) in [7, 11) is 0. The maximum Gasteiger partial charge on any atom is 0.254 e. The van der Waals surface area contributed by atoms with Crippen molar-refractivity contribution in [3.05, 3.63) is 29.3 Å². The zero-order valence-electron chi connectivity index (χ0n) is 9.86. The molecule has 1 saturated heterocycles. The average molecular weight is 232 g/mol. The SMILES string of the molecule is CC1(O)CN(C(=O)c2ccc3c(c2)CCN3)C1. The van der Waals surface area contributed by atoms with Crippen LogP contribution in [0.3, 0.4) is 0 Å². The van der Waals surface area contributed by atoms with E-state index in [1.165, 1.54) is 5.56 Å². The lowest BCUT2D eigenvalue weighted by Gasteiger charge is -2.44. The monoisotopic (exact) mass is 232 g/mol. The molecule has 17 heavy (non-hydrogen) atoms. The summed E-state index contributed by atoms with van der Waals surface area (Å²) in [5.41, 5.74) is 2.37. The molecule has 2 aliphatic rings. The van der Waals surface area contributed by atoms with E-state index in [1.807, 2.05) is 18.2 Å². The van der Waals surface area contributed by atoms with Crippen molar-refractivity contribution in [2.75, 3.05) is 25.0 Å². The number of benzene rings is 1. The van der Waals surface area contributed by atoms with Crippen LogP contribution in [0.2, 0.25) is 0 Å². The molecule has 0 aromatic heterocycles. The van der Waals surface area contributed by atoms with Crippen LogP contribution in [0.1, 0.15) is 22.8 Å². The number of aliphatic hydroxyl groups is 1. The number of nitrogens with zero attached hydrogens (tertiary/aromatic N) is 1. The van der Waals surface area contributed by atoms with Crippen molar-refractivity contribution in [2.45, 2.75) is 18.9 Å². The van der Waals surface area contributed by atoms with Crippen LogP contribution in [0.4, 0.5) is 5.69 Å². The molecule has 0 radical (unpaired) electrons. The summed E-state index contributed by atoms with van der Waals surface area (Å²) in [6, 6.07) is 5.78. The van der Waals surface area contributed by atoms with Crippen molar-refractivity contribution in [2.24, 2.45) is 0 Å². The molecule has 1 fully saturated rings. The van der Waals surface area contributed by atoms with Crippen molar-refractivity contribution in [1.29, 1.82) is 0 Å². The second kappa shape index (κ2) is 3.47. The molecular weight excluding hydrogens is 216 g/mol. The topological polar surface area (TPSA) is 52.6 Å². The standard InChI is InChI=1S/C13H16N2O2/c1-13(17)7-15(8-13)12(16)10-2-3-11-9(6-10)4-5-14-11/h2-3,6,14,17H,4-5,7-8H2,1H3. The van der Waals surface area contributed by atoms with Crippen LogP contribution < -0.4 is 5.32 Å². The lowest BCUT2D eigenvalue weighted by atomic mass is 9.95. The van der Waals surface area contributed by atoms with Gasteiger partial charge in [0.15, 0.2) is 0 Å². The van der Waals surface area contributed by atoms with Crippen LogP contribution in [0.25, 0.3) is 0 Å². The van der Waals surface area contributed by atoms with Gasteiger partial charge in [-0.2, -0.15) is 0 Å². The van der Waals surface area contributed by atoms with Crippen molar-refractivity contribution < 1.29 is 9.90 Å². The van der Waals surface area contributed by atoms with Gasteiger partial charge in [0.1, 0.15) is 0 Å². The zero-order chi connectivity index (χ0) is 12.0. The van der Waals surface area contributed by atoms with Gasteiger partial charge in [0.2, 0.25) is 0 Å². The van der Waals surface area contributed by atoms with E-state index in [1.54, 1.807) is 11.8 Å². The Morgan fingerprint density at radius 3 is 2.94 bits per heavy atom. The molecule has 90 valence electrons. The summed E-state index contributed by atoms with van der Waals surface area (Å²) in [5.74, 6) is 0.0197. The molecule has 1 aromatic carbocycles. The zero-order valence-corrected chi connectivity index (χ0v) is 9.86. The molecule has 0 spiro atoms. The highest BCUT2D eigenvalue weighted by molar-refractivity contribution is 5.95. The first-order valence-electron chi connectivity index (χ1n) is 5.94. The molecule has 2 heterocycles. The first-order chi connectivity index (χ1) is 8.05. The van der Waals surface area contributed by atoms with Gasteiger partial charge in [0.25, 0.3) is 5.91 Å². The first-order valence-corrected chi connectivity index (χ1v) is 5.94. The van der Waals surface area contributed by atoms with Crippen LogP contribution in [-0.4, -0.2) is 41.1 Å². The predicted octanol–water partition coefficient (Wildman–Crippen LogP) is 0.861. The third kappa shape index (κ3) is 1.78. The Kier molecular flexibility index (Phi) is 2.16. The Labute approximate surface area is 100 Å². The number of hydrogen-bond acceptors (Lipinski definition) is 3. The molecule has 0 aliphatic carbocycles. The van der Waals surface area contributed by atoms with Crippen molar-refractivity contribution in [1.82, 2.24) is 4.90 Å². The van der Waals surface area contributed by atoms with Gasteiger partial charge in [-0.3, -0.25) is 4.79 Å². The van der Waals surface area contributed by atoms with Crippen molar-refractivity contribution in [3.8, 4) is 0 Å². The number of carbonyl (C=O) groups excluding carboxylic acids is 1. The molecule has 0 atom stereocenters. The fraction of sp³-hybridized carbons (Fsp3) is 0.462. The normalized spacial score (nSPS) is 20.5. The van der Waals surface area contributed by atoms with Crippen LogP contribution in [-0.2, 0) is 6.42 Å². The Hall–Kier alpha value is -1.55. The number of β-amino-alcohol motifs (C(OH)–C–C–N with tert-alkyl or cyclic N) is 1. The summed E-state index contributed by atoms with van der Waals surface area (Å²) >= 11 is 0. The quantitative estimate of drug-likeness (QED) is 0.755. The van der Waals surface area contributed by atoms with E-state index in [4.69, 9.17) is 0 Å². The third-order valence-electron chi connectivity index (χ3n) is 3.41. The van der Waals surface area contributed by atoms with Gasteiger partial charge in [0.05, 0.1) is 18.7 Å². The minimum absolute atomic E-state index is 0.0197. The number of carbonyl (C=O) groups is 1. The largest absolute Gasteiger partial charge is 0.386 e. The molecule has 2 aliphatic heterocycles. The van der Waals surface area contributed by atoms with Crippen LogP contribution >= 0.6 is 0 Å². The van der Waals surface area contributed by atoms with E-state index >= 15 is 0 Å². The number of rotatable bonds is 1. The predicted molar refractivity (Wildman–Crippen MR) is 65.2 cm³/mol. The van der Waals surface area contributed by atoms with Gasteiger partial charge in [-0.25, -0.2) is 0 Å². The van der Waals surface area contributed by atoms with Crippen LogP contribution in [0.5, 0.6) is 0 Å². The molecule has 0 saturated carbocycles. The fourth-order valence-electron chi connectivity index (χ4n) is 2.54. The Morgan fingerprint density at radius 2 is 2.24 bits per heavy atom. The third-order valence-corrected chi connectivity index (χ3v) is 3.41. The minimum atomic E-state index is -0.700. The van der Waals surface area contributed by atoms with Gasteiger partial charge >= 0.3 is 0 Å². The van der Waals surface area contributed by atoms with E-state index in [2.05, 4.69) is 5.32 Å². The summed E-state index contributed by atoms with van der Waals surface area (Å²) in [4.78, 5) is 13.8. The fourth-order valence-corrected chi connectivity index (χ4v) is 2.54. The average Bonchev–Trinajstić information content (AvgIpc) is 2.71. The lowest BCUT2D eigenvalue weighted by molar-refractivity contribution is -0.0668. The molecule has 1 aromatic rings. The van der Waals surface area contributed by atoms with Crippen LogP contribution in [0.15, 0.2) is 18.2 Å². The Morgan fingerprint density at radius 1 is 1.47 bits per heavy atom. The number of nitrogens with one attached hydrogen (secondary N) is 1. The number of anilines is 1. The summed E-state index contributed by atoms with van der Waals surface area (Å²) < 4.78 is 0. The molecule has 4 nitrogen and oxygen atoms in total. The number of likely N-dealkylation sites (tertiary alicyclic amines) is 1. The van der Waals surface area contributed by atoms with E-state index in [0.29, 0.717) is 13.1 Å². The summed E-state index contributed by atoms with van der Waals surface area (Å²) in [5, 5.41) is 12.9. The van der Waals surface area contributed by atoms with Crippen LogP contribution in [0, 0.1) is 0 Å². The summed E-state index contributed by atoms with van der Waals surface area (Å²) in [6.45, 7) is 3.57. The molecule has 4 heteroatoms. The Bertz CT molecular complexity index is 474. The van der Waals surface area contributed by atoms with Gasteiger partial charge < -0.3 is 15.3 Å². The van der Waals surface area contributed by atoms with Gasteiger partial charge in [-0.15, -0.1) is 0 Å². The van der Waals surface area contributed by atoms with Crippen molar-refractivity contribution in [3.63, 3.8) is 0 Å². The highest BCUT2D eigenvalue weighted by Crippen LogP contribution is 2.26. The van der Waals surface area contributed by atoms with E-state index < -0.39 is 5.60 Å². The van der Waals surface area contributed by atoms with Gasteiger partial charge in [0, 0.05) is 17.8 Å². The van der Waals surface area contributed by atoms with E-state index in [0.717, 1.165) is 24.2 Å². The van der Waals surface area contributed by atoms with E-state index in [9.17, 15) is 9.90 Å². The smallest absolute Gasteiger partial charge is 0.254 e. The number of hydrogen-bond donors (Lipinski definition) is 2. The molecule has 0 unspecified atom stereocenters. The number of fused-ring (bicyclic) bond motifs is 1. The molecular formula is C13H16N2O2. The Balaban J connectivity index is 1.79. The second-order valence-electron chi connectivity index (χ2n) is 5.21. The highest BCUT2D eigenvalue weighted by Gasteiger charge is 2.39. The van der Waals surface area contributed by atoms with Crippen molar-refractivity contribution >= 4 is 11.6 Å². The van der Waals surface area contributed by atoms with E-state index in [-0.39, 0.29) is 5.91 Å². The molecule has 0 bridgehead atoms. The first kappa shape index (κ1) is 10.6. The molecule has 1 amide bonds. The number of amides is 1. The second-order valence-corrected chi connectivity index (χ2v) is 5.21. The maximum atomic E-state index is 12.1. The molecule has 3 rings (SSSR count). The summed E-state index contributed by atoms with van der Waals surface area (Å²) in [6.07, 6.45) is 0.980. The van der Waals surface area contributed by atoms with Gasteiger partial charge in [-0.05, 0) is 37.1 Å². The lowest BCUT2D eigenvalue weighted by Crippen LogP contribution is -2.61. The van der Waals surface area contributed by atoms with Gasteiger partial charge in [-0.1, -0.05) is 0 Å². The molecule has 2 N–H and O–H groups in total. The highest BCUT2D eigenvalue weighted by atomic mass is 16.3.